The van der Waals surface area contributed by atoms with Gasteiger partial charge in [-0.2, -0.15) is 24.9 Å². The maximum atomic E-state index is 12.7. The fourth-order valence-electron chi connectivity index (χ4n) is 3.47. The molecule has 4 rings (SSSR count). The predicted octanol–water partition coefficient (Wildman–Crippen LogP) is 5.51. The lowest BCUT2D eigenvalue weighted by Crippen LogP contribution is -2.37. The number of para-hydroxylation sites is 1. The quantitative estimate of drug-likeness (QED) is 0.329. The second kappa shape index (κ2) is 10.8. The van der Waals surface area contributed by atoms with E-state index in [1.54, 1.807) is 0 Å². The monoisotopic (exact) mass is 478 g/mol. The number of alkyl halides is 3. The first kappa shape index (κ1) is 23.2. The highest BCUT2D eigenvalue weighted by Crippen LogP contribution is 2.32. The normalized spacial score (nSPS) is 15.2. The van der Waals surface area contributed by atoms with Gasteiger partial charge in [-0.25, -0.2) is 4.98 Å². The molecule has 0 amide bonds. The number of benzene rings is 2. The van der Waals surface area contributed by atoms with E-state index < -0.39 is 11.7 Å². The zero-order valence-corrected chi connectivity index (χ0v) is 19.1. The highest BCUT2D eigenvalue weighted by molar-refractivity contribution is 8.00. The third kappa shape index (κ3) is 6.31. The van der Waals surface area contributed by atoms with Crippen molar-refractivity contribution in [2.75, 3.05) is 42.4 Å². The smallest absolute Gasteiger partial charge is 0.324 e. The first-order valence-corrected chi connectivity index (χ1v) is 12.5. The molecule has 0 unspecified atom stereocenters. The minimum Gasteiger partial charge on any atom is -0.324 e. The van der Waals surface area contributed by atoms with Crippen molar-refractivity contribution in [3.8, 4) is 0 Å². The lowest BCUT2D eigenvalue weighted by Gasteiger charge is -2.26. The fraction of sp³-hybridized carbons (Fsp3) is 0.348. The van der Waals surface area contributed by atoms with Crippen molar-refractivity contribution in [2.45, 2.75) is 17.6 Å². The number of fused-ring (bicyclic) bond motifs is 1. The predicted molar refractivity (Wildman–Crippen MR) is 128 cm³/mol. The van der Waals surface area contributed by atoms with E-state index in [1.165, 1.54) is 35.6 Å². The summed E-state index contributed by atoms with van der Waals surface area (Å²) >= 11 is 3.29. The molecule has 1 aliphatic heterocycles. The molecule has 0 spiro atoms. The summed E-state index contributed by atoms with van der Waals surface area (Å²) in [7, 11) is 0. The molecule has 0 aliphatic carbocycles. The molecule has 0 bridgehead atoms. The van der Waals surface area contributed by atoms with Gasteiger partial charge in [0.1, 0.15) is 0 Å². The van der Waals surface area contributed by atoms with Crippen LogP contribution in [-0.2, 0) is 12.7 Å². The number of hydrogen-bond donors (Lipinski definition) is 2. The zero-order chi connectivity index (χ0) is 22.4. The third-order valence-corrected chi connectivity index (χ3v) is 7.03. The molecule has 2 aromatic carbocycles. The van der Waals surface area contributed by atoms with Crippen molar-refractivity contribution in [2.24, 2.45) is 0 Å². The molecule has 1 aromatic heterocycles. The fourth-order valence-corrected chi connectivity index (χ4v) is 5.12. The highest BCUT2D eigenvalue weighted by Gasteiger charge is 2.29. The van der Waals surface area contributed by atoms with E-state index in [1.807, 2.05) is 36.0 Å². The summed E-state index contributed by atoms with van der Waals surface area (Å²) in [5.74, 6) is 2.43. The average Bonchev–Trinajstić information content (AvgIpc) is 2.81. The maximum Gasteiger partial charge on any atom is 0.416 e. The van der Waals surface area contributed by atoms with E-state index in [9.17, 15) is 13.2 Å². The van der Waals surface area contributed by atoms with Gasteiger partial charge < -0.3 is 14.9 Å². The van der Waals surface area contributed by atoms with E-state index in [0.29, 0.717) is 11.4 Å². The molecule has 9 heteroatoms. The Morgan fingerprint density at radius 3 is 2.53 bits per heavy atom. The summed E-state index contributed by atoms with van der Waals surface area (Å²) in [5.41, 5.74) is 1.99. The summed E-state index contributed by atoms with van der Waals surface area (Å²) in [5, 5.41) is 4.49. The molecule has 32 heavy (non-hydrogen) atoms. The number of pyridine rings is 1. The molecule has 2 N–H and O–H groups in total. The molecular formula is C23H25F3N4S2. The number of nitrogens with one attached hydrogen (secondary N) is 2. The lowest BCUT2D eigenvalue weighted by molar-refractivity contribution is -0.137. The number of anilines is 1. The summed E-state index contributed by atoms with van der Waals surface area (Å²) in [6.45, 7) is 4.98. The van der Waals surface area contributed by atoms with Crippen LogP contribution in [0.2, 0.25) is 0 Å². The van der Waals surface area contributed by atoms with E-state index >= 15 is 0 Å². The van der Waals surface area contributed by atoms with Gasteiger partial charge in [0.2, 0.25) is 0 Å². The Hall–Kier alpha value is -1.94. The van der Waals surface area contributed by atoms with Crippen molar-refractivity contribution >= 4 is 40.3 Å². The van der Waals surface area contributed by atoms with E-state index in [-0.39, 0.29) is 0 Å². The average molecular weight is 479 g/mol. The van der Waals surface area contributed by atoms with Crippen LogP contribution in [-0.4, -0.2) is 47.6 Å². The van der Waals surface area contributed by atoms with Gasteiger partial charge in [0, 0.05) is 54.5 Å². The minimum atomic E-state index is -4.33. The Morgan fingerprint density at radius 2 is 1.78 bits per heavy atom. The molecule has 4 nitrogen and oxygen atoms in total. The number of hydrogen-bond acceptors (Lipinski definition) is 6. The highest BCUT2D eigenvalue weighted by atomic mass is 32.2. The Kier molecular flexibility index (Phi) is 7.83. The molecule has 0 atom stereocenters. The van der Waals surface area contributed by atoms with Gasteiger partial charge in [-0.15, -0.1) is 0 Å². The van der Waals surface area contributed by atoms with Crippen LogP contribution in [0, 0.1) is 0 Å². The number of halogens is 3. The second-order valence-electron chi connectivity index (χ2n) is 7.54. The number of nitrogens with zero attached hydrogens (tertiary/aromatic N) is 2. The van der Waals surface area contributed by atoms with E-state index in [4.69, 9.17) is 4.98 Å². The van der Waals surface area contributed by atoms with Crippen LogP contribution in [0.4, 0.5) is 18.9 Å². The van der Waals surface area contributed by atoms with E-state index in [0.717, 1.165) is 60.6 Å². The van der Waals surface area contributed by atoms with Crippen LogP contribution in [0.3, 0.4) is 0 Å². The van der Waals surface area contributed by atoms with Crippen LogP contribution < -0.4 is 10.0 Å². The van der Waals surface area contributed by atoms with Crippen LogP contribution >= 0.6 is 23.7 Å². The molecule has 1 aliphatic rings. The summed E-state index contributed by atoms with van der Waals surface area (Å²) < 4.78 is 41.5. The van der Waals surface area contributed by atoms with Crippen molar-refractivity contribution in [3.63, 3.8) is 0 Å². The van der Waals surface area contributed by atoms with Crippen molar-refractivity contribution in [3.05, 3.63) is 65.9 Å². The van der Waals surface area contributed by atoms with Crippen LogP contribution in [0.1, 0.15) is 11.3 Å². The zero-order valence-electron chi connectivity index (χ0n) is 17.5. The first-order chi connectivity index (χ1) is 15.5. The molecule has 170 valence electrons. The van der Waals surface area contributed by atoms with Gasteiger partial charge in [0.25, 0.3) is 0 Å². The number of rotatable bonds is 8. The molecule has 0 saturated carbocycles. The first-order valence-electron chi connectivity index (χ1n) is 10.5. The summed E-state index contributed by atoms with van der Waals surface area (Å²) in [4.78, 5) is 8.00. The van der Waals surface area contributed by atoms with E-state index in [2.05, 4.69) is 21.0 Å². The minimum absolute atomic E-state index is 0.648. The van der Waals surface area contributed by atoms with Crippen molar-refractivity contribution in [1.82, 2.24) is 15.2 Å². The van der Waals surface area contributed by atoms with Crippen LogP contribution in [0.5, 0.6) is 0 Å². The van der Waals surface area contributed by atoms with Crippen molar-refractivity contribution < 1.29 is 13.2 Å². The molecule has 2 heterocycles. The van der Waals surface area contributed by atoms with Gasteiger partial charge in [-0.3, -0.25) is 0 Å². The lowest BCUT2D eigenvalue weighted by atomic mass is 10.2. The van der Waals surface area contributed by atoms with Gasteiger partial charge in [-0.05, 0) is 48.3 Å². The van der Waals surface area contributed by atoms with Gasteiger partial charge in [0.05, 0.1) is 22.5 Å². The topological polar surface area (TPSA) is 40.2 Å². The maximum absolute atomic E-state index is 12.7. The van der Waals surface area contributed by atoms with Crippen LogP contribution in [0.15, 0.2) is 59.5 Å². The van der Waals surface area contributed by atoms with Crippen molar-refractivity contribution in [1.29, 1.82) is 0 Å². The standard InChI is InChI=1S/C23H25F3N4S2/c24-23(25,26)18-5-8-20(9-6-18)32-29-21-3-1-2-17-4-7-19(28-22(17)21)16-27-10-11-30-12-14-31-15-13-30/h1-9,27,29H,10-16H2. The van der Waals surface area contributed by atoms with Gasteiger partial charge in [-0.1, -0.05) is 18.2 Å². The molecular weight excluding hydrogens is 453 g/mol. The third-order valence-electron chi connectivity index (χ3n) is 5.25. The number of thioether (sulfide) groups is 1. The summed E-state index contributed by atoms with van der Waals surface area (Å²) in [6.07, 6.45) is -4.33. The largest absolute Gasteiger partial charge is 0.416 e. The Balaban J connectivity index is 1.36. The molecule has 1 saturated heterocycles. The number of aromatic nitrogens is 1. The summed E-state index contributed by atoms with van der Waals surface area (Å²) in [6, 6.07) is 15.1. The molecule has 3 aromatic rings. The Labute approximate surface area is 194 Å². The van der Waals surface area contributed by atoms with Crippen LogP contribution in [0.25, 0.3) is 10.9 Å². The molecule has 1 fully saturated rings. The Morgan fingerprint density at radius 1 is 1.00 bits per heavy atom. The SMILES string of the molecule is FC(F)(F)c1ccc(SNc2cccc3ccc(CNCCN4CCSCC4)nc23)cc1. The van der Waals surface area contributed by atoms with Gasteiger partial charge >= 0.3 is 6.18 Å². The Bertz CT molecular complexity index is 1020. The van der Waals surface area contributed by atoms with Gasteiger partial charge in [0.15, 0.2) is 0 Å². The molecule has 0 radical (unpaired) electrons. The second-order valence-corrected chi connectivity index (χ2v) is 9.64.